The Kier molecular flexibility index (Phi) is 3.06. The van der Waals surface area contributed by atoms with Gasteiger partial charge in [-0.3, -0.25) is 4.68 Å². The first-order chi connectivity index (χ1) is 7.68. The third kappa shape index (κ3) is 2.14. The Labute approximate surface area is 95.3 Å². The van der Waals surface area contributed by atoms with Gasteiger partial charge in [0.05, 0.1) is 6.04 Å². The maximum absolute atomic E-state index is 10.2. The fourth-order valence-electron chi connectivity index (χ4n) is 1.71. The quantitative estimate of drug-likeness (QED) is 0.856. The van der Waals surface area contributed by atoms with E-state index >= 15 is 0 Å². The van der Waals surface area contributed by atoms with E-state index in [0.717, 1.165) is 5.56 Å². The fourth-order valence-corrected chi connectivity index (χ4v) is 1.71. The van der Waals surface area contributed by atoms with Crippen molar-refractivity contribution in [2.45, 2.75) is 26.0 Å². The van der Waals surface area contributed by atoms with Crippen LogP contribution in [0.2, 0.25) is 0 Å². The second-order valence-electron chi connectivity index (χ2n) is 4.08. The monoisotopic (exact) mass is 216 g/mol. The van der Waals surface area contributed by atoms with Gasteiger partial charge in [0.2, 0.25) is 0 Å². The van der Waals surface area contributed by atoms with E-state index in [9.17, 15) is 5.11 Å². The zero-order valence-electron chi connectivity index (χ0n) is 9.54. The first kappa shape index (κ1) is 10.9. The van der Waals surface area contributed by atoms with Crippen molar-refractivity contribution in [1.82, 2.24) is 9.78 Å². The zero-order chi connectivity index (χ0) is 11.5. The van der Waals surface area contributed by atoms with Gasteiger partial charge in [0.25, 0.3) is 0 Å². The molecule has 0 aliphatic rings. The van der Waals surface area contributed by atoms with E-state index in [1.165, 1.54) is 5.56 Å². The van der Waals surface area contributed by atoms with E-state index in [2.05, 4.69) is 5.10 Å². The highest BCUT2D eigenvalue weighted by atomic mass is 16.3. The van der Waals surface area contributed by atoms with Crippen molar-refractivity contribution in [2.24, 2.45) is 0 Å². The molecular weight excluding hydrogens is 200 g/mol. The summed E-state index contributed by atoms with van der Waals surface area (Å²) in [6.45, 7) is 3.99. The molecular formula is C13H16N2O. The molecule has 84 valence electrons. The maximum atomic E-state index is 10.2. The molecule has 2 rings (SSSR count). The molecule has 0 saturated heterocycles. The van der Waals surface area contributed by atoms with E-state index in [1.54, 1.807) is 10.9 Å². The van der Waals surface area contributed by atoms with Crippen molar-refractivity contribution in [3.8, 4) is 0 Å². The molecule has 0 aliphatic heterocycles. The number of rotatable bonds is 3. The summed E-state index contributed by atoms with van der Waals surface area (Å²) < 4.78 is 1.77. The molecule has 2 unspecified atom stereocenters. The molecule has 3 nitrogen and oxygen atoms in total. The third-order valence-electron chi connectivity index (χ3n) is 2.82. The van der Waals surface area contributed by atoms with Crippen LogP contribution in [-0.4, -0.2) is 14.9 Å². The van der Waals surface area contributed by atoms with Gasteiger partial charge in [0.1, 0.15) is 6.10 Å². The van der Waals surface area contributed by atoms with Crippen LogP contribution < -0.4 is 0 Å². The first-order valence-corrected chi connectivity index (χ1v) is 5.42. The lowest BCUT2D eigenvalue weighted by molar-refractivity contribution is 0.115. The molecule has 0 aliphatic carbocycles. The van der Waals surface area contributed by atoms with Crippen LogP contribution in [0.4, 0.5) is 0 Å². The number of benzene rings is 1. The summed E-state index contributed by atoms with van der Waals surface area (Å²) in [5, 5.41) is 14.3. The highest BCUT2D eigenvalue weighted by Crippen LogP contribution is 2.25. The molecule has 16 heavy (non-hydrogen) atoms. The number of aryl methyl sites for hydroxylation is 1. The van der Waals surface area contributed by atoms with Crippen LogP contribution in [0.15, 0.2) is 42.7 Å². The smallest absolute Gasteiger partial charge is 0.101 e. The molecule has 2 aromatic rings. The zero-order valence-corrected chi connectivity index (χ0v) is 9.54. The van der Waals surface area contributed by atoms with E-state index in [4.69, 9.17) is 0 Å². The third-order valence-corrected chi connectivity index (χ3v) is 2.82. The second-order valence-corrected chi connectivity index (χ2v) is 4.08. The summed E-state index contributed by atoms with van der Waals surface area (Å²) in [5.74, 6) is 0. The normalized spacial score (nSPS) is 14.7. The van der Waals surface area contributed by atoms with Crippen LogP contribution in [-0.2, 0) is 0 Å². The standard InChI is InChI=1S/C13H16N2O/c1-10-4-6-12(7-5-10)13(16)11(2)15-9-3-8-14-15/h3-9,11,13,16H,1-2H3. The summed E-state index contributed by atoms with van der Waals surface area (Å²) in [5.41, 5.74) is 2.12. The van der Waals surface area contributed by atoms with Crippen molar-refractivity contribution in [2.75, 3.05) is 0 Å². The van der Waals surface area contributed by atoms with Gasteiger partial charge in [-0.2, -0.15) is 5.10 Å². The Hall–Kier alpha value is -1.61. The summed E-state index contributed by atoms with van der Waals surface area (Å²) in [6, 6.07) is 9.74. The maximum Gasteiger partial charge on any atom is 0.101 e. The first-order valence-electron chi connectivity index (χ1n) is 5.42. The lowest BCUT2D eigenvalue weighted by Crippen LogP contribution is -2.15. The lowest BCUT2D eigenvalue weighted by atomic mass is 10.0. The van der Waals surface area contributed by atoms with Crippen LogP contribution >= 0.6 is 0 Å². The Morgan fingerprint density at radius 1 is 1.25 bits per heavy atom. The van der Waals surface area contributed by atoms with E-state index in [-0.39, 0.29) is 6.04 Å². The number of aliphatic hydroxyl groups is 1. The van der Waals surface area contributed by atoms with Gasteiger partial charge in [-0.1, -0.05) is 29.8 Å². The Morgan fingerprint density at radius 2 is 1.94 bits per heavy atom. The van der Waals surface area contributed by atoms with Crippen molar-refractivity contribution in [3.05, 3.63) is 53.9 Å². The number of hydrogen-bond acceptors (Lipinski definition) is 2. The van der Waals surface area contributed by atoms with Crippen molar-refractivity contribution < 1.29 is 5.11 Å². The predicted molar refractivity (Wildman–Crippen MR) is 63.1 cm³/mol. The number of nitrogens with zero attached hydrogens (tertiary/aromatic N) is 2. The highest BCUT2D eigenvalue weighted by molar-refractivity contribution is 5.23. The summed E-state index contributed by atoms with van der Waals surface area (Å²) >= 11 is 0. The average molecular weight is 216 g/mol. The van der Waals surface area contributed by atoms with Gasteiger partial charge in [-0.25, -0.2) is 0 Å². The number of aliphatic hydroxyl groups excluding tert-OH is 1. The van der Waals surface area contributed by atoms with Gasteiger partial charge < -0.3 is 5.11 Å². The van der Waals surface area contributed by atoms with Crippen LogP contribution in [0.5, 0.6) is 0 Å². The molecule has 0 spiro atoms. The summed E-state index contributed by atoms with van der Waals surface area (Å²) in [6.07, 6.45) is 3.06. The molecule has 0 bridgehead atoms. The van der Waals surface area contributed by atoms with Crippen LogP contribution in [0, 0.1) is 6.92 Å². The molecule has 0 amide bonds. The topological polar surface area (TPSA) is 38.0 Å². The van der Waals surface area contributed by atoms with E-state index in [1.807, 2.05) is 50.4 Å². The van der Waals surface area contributed by atoms with Crippen LogP contribution in [0.3, 0.4) is 0 Å². The Bertz CT molecular complexity index is 433. The highest BCUT2D eigenvalue weighted by Gasteiger charge is 2.17. The molecule has 2 atom stereocenters. The molecule has 1 aromatic carbocycles. The minimum Gasteiger partial charge on any atom is -0.386 e. The van der Waals surface area contributed by atoms with Gasteiger partial charge in [0, 0.05) is 12.4 Å². The molecule has 0 radical (unpaired) electrons. The van der Waals surface area contributed by atoms with Gasteiger partial charge in [-0.05, 0) is 25.5 Å². The summed E-state index contributed by atoms with van der Waals surface area (Å²) in [7, 11) is 0. The minimum absolute atomic E-state index is 0.0577. The summed E-state index contributed by atoms with van der Waals surface area (Å²) in [4.78, 5) is 0. The Morgan fingerprint density at radius 3 is 2.50 bits per heavy atom. The largest absolute Gasteiger partial charge is 0.386 e. The SMILES string of the molecule is Cc1ccc(C(O)C(C)n2cccn2)cc1. The lowest BCUT2D eigenvalue weighted by Gasteiger charge is -2.19. The van der Waals surface area contributed by atoms with Gasteiger partial charge >= 0.3 is 0 Å². The van der Waals surface area contributed by atoms with Crippen LogP contribution in [0.25, 0.3) is 0 Å². The molecule has 1 heterocycles. The molecule has 3 heteroatoms. The molecule has 1 N–H and O–H groups in total. The van der Waals surface area contributed by atoms with Gasteiger partial charge in [-0.15, -0.1) is 0 Å². The van der Waals surface area contributed by atoms with Crippen LogP contribution in [0.1, 0.15) is 30.2 Å². The molecule has 1 aromatic heterocycles. The minimum atomic E-state index is -0.527. The van der Waals surface area contributed by atoms with E-state index in [0.29, 0.717) is 0 Å². The van der Waals surface area contributed by atoms with Crippen molar-refractivity contribution >= 4 is 0 Å². The number of aromatic nitrogens is 2. The van der Waals surface area contributed by atoms with Gasteiger partial charge in [0.15, 0.2) is 0 Å². The molecule has 0 saturated carbocycles. The Balaban J connectivity index is 2.19. The van der Waals surface area contributed by atoms with E-state index < -0.39 is 6.10 Å². The fraction of sp³-hybridized carbons (Fsp3) is 0.308. The second kappa shape index (κ2) is 4.49. The number of hydrogen-bond donors (Lipinski definition) is 1. The van der Waals surface area contributed by atoms with Crippen molar-refractivity contribution in [1.29, 1.82) is 0 Å². The average Bonchev–Trinajstić information content (AvgIpc) is 2.81. The van der Waals surface area contributed by atoms with Crippen molar-refractivity contribution in [3.63, 3.8) is 0 Å². The molecule has 0 fully saturated rings. The predicted octanol–water partition coefficient (Wildman–Crippen LogP) is 2.49.